The third-order valence-corrected chi connectivity index (χ3v) is 11.2. The van der Waals surface area contributed by atoms with E-state index < -0.39 is 36.1 Å². The maximum Gasteiger partial charge on any atom is 0.193 e. The second kappa shape index (κ2) is 9.64. The summed E-state index contributed by atoms with van der Waals surface area (Å²) in [6, 6.07) is 14.6. The highest BCUT2D eigenvalue weighted by Gasteiger charge is 2.75. The minimum atomic E-state index is -1.34. The van der Waals surface area contributed by atoms with Gasteiger partial charge in [-0.15, -0.1) is 0 Å². The molecule has 2 aromatic carbocycles. The first-order valence-corrected chi connectivity index (χ1v) is 15.0. The van der Waals surface area contributed by atoms with Crippen molar-refractivity contribution in [2.75, 3.05) is 12.3 Å². The summed E-state index contributed by atoms with van der Waals surface area (Å²) in [4.78, 5) is 13.7. The fourth-order valence-electron chi connectivity index (χ4n) is 9.28. The number of carbonyl (C=O) groups is 1. The molecule has 0 bridgehead atoms. The van der Waals surface area contributed by atoms with E-state index in [1.807, 2.05) is 36.4 Å². The van der Waals surface area contributed by atoms with E-state index >= 15 is 0 Å². The molecule has 0 radical (unpaired) electrons. The van der Waals surface area contributed by atoms with Crippen LogP contribution in [-0.2, 0) is 14.3 Å². The van der Waals surface area contributed by atoms with Gasteiger partial charge in [0.05, 0.1) is 12.2 Å². The lowest BCUT2D eigenvalue weighted by molar-refractivity contribution is -0.201. The summed E-state index contributed by atoms with van der Waals surface area (Å²) in [5.41, 5.74) is 7.25. The van der Waals surface area contributed by atoms with E-state index in [0.29, 0.717) is 30.0 Å². The summed E-state index contributed by atoms with van der Waals surface area (Å²) in [7, 11) is 0. The number of ketones is 1. The van der Waals surface area contributed by atoms with Crippen molar-refractivity contribution < 1.29 is 29.2 Å². The van der Waals surface area contributed by atoms with Crippen molar-refractivity contribution in [3.05, 3.63) is 90.0 Å². The van der Waals surface area contributed by atoms with Gasteiger partial charge in [-0.3, -0.25) is 4.79 Å². The van der Waals surface area contributed by atoms with Gasteiger partial charge in [0.25, 0.3) is 0 Å². The number of aliphatic hydroxyl groups excluding tert-OH is 2. The van der Waals surface area contributed by atoms with Gasteiger partial charge in [0.1, 0.15) is 18.1 Å². The van der Waals surface area contributed by atoms with Gasteiger partial charge in [0.2, 0.25) is 0 Å². The molecule has 0 spiro atoms. The molecule has 4 fully saturated rings. The summed E-state index contributed by atoms with van der Waals surface area (Å²) < 4.78 is 19.2. The zero-order valence-electron chi connectivity index (χ0n) is 24.2. The van der Waals surface area contributed by atoms with Crippen molar-refractivity contribution in [2.24, 2.45) is 28.6 Å². The van der Waals surface area contributed by atoms with E-state index in [1.54, 1.807) is 12.1 Å². The number of aliphatic hydroxyl groups is 2. The van der Waals surface area contributed by atoms with Crippen LogP contribution < -0.4 is 10.5 Å². The van der Waals surface area contributed by atoms with Crippen molar-refractivity contribution in [3.8, 4) is 11.5 Å². The number of benzene rings is 2. The lowest BCUT2D eigenvalue weighted by Gasteiger charge is -2.59. The van der Waals surface area contributed by atoms with Crippen LogP contribution >= 0.6 is 0 Å². The number of anilines is 1. The van der Waals surface area contributed by atoms with E-state index in [4.69, 9.17) is 19.9 Å². The summed E-state index contributed by atoms with van der Waals surface area (Å²) in [6.07, 6.45) is 7.47. The van der Waals surface area contributed by atoms with Crippen LogP contribution in [0.15, 0.2) is 84.5 Å². The van der Waals surface area contributed by atoms with E-state index in [0.717, 1.165) is 24.0 Å². The molecular formula is C35H39NO6. The first-order chi connectivity index (χ1) is 20.1. The minimum absolute atomic E-state index is 0.0319. The van der Waals surface area contributed by atoms with Crippen molar-refractivity contribution in [2.45, 2.75) is 63.6 Å². The fraction of sp³-hybridized carbons (Fsp3) is 0.457. The molecule has 1 saturated heterocycles. The molecule has 1 heterocycles. The van der Waals surface area contributed by atoms with Crippen LogP contribution in [0.25, 0.3) is 0 Å². The van der Waals surface area contributed by atoms with Gasteiger partial charge < -0.3 is 30.2 Å². The Morgan fingerprint density at radius 1 is 1.12 bits per heavy atom. The second-order valence-corrected chi connectivity index (χ2v) is 13.3. The van der Waals surface area contributed by atoms with Gasteiger partial charge in [0.15, 0.2) is 17.7 Å². The van der Waals surface area contributed by atoms with Gasteiger partial charge in [0, 0.05) is 28.0 Å². The van der Waals surface area contributed by atoms with Crippen LogP contribution in [-0.4, -0.2) is 40.4 Å². The minimum Gasteiger partial charge on any atom is -0.457 e. The summed E-state index contributed by atoms with van der Waals surface area (Å²) in [5.74, 6) is 1.29. The number of nitrogen functional groups attached to an aromatic ring is 1. The standard InChI is InChI=1S/C35H39NO6/c1-20-14-15-33(2)22(16-20)6-13-26-27-17-30-35(29(39)19-37,34(27,3)18-28(38)31(26)33)42-32(41-30)21-4-9-24(10-5-21)40-25-11-7-23(36)8-12-25/h4-5,7-12,14-16,26-28,30-32,37-38H,1,6,13,17-19,36H2,2-3H3/t26-,27-,28-,30+,31+,32+,33-,34-,35+/m0/s1. The molecule has 7 rings (SSSR count). The Labute approximate surface area is 246 Å². The number of carbonyl (C=O) groups excluding carboxylic acids is 1. The number of ether oxygens (including phenoxy) is 3. The van der Waals surface area contributed by atoms with Gasteiger partial charge in [-0.2, -0.15) is 0 Å². The Morgan fingerprint density at radius 3 is 2.50 bits per heavy atom. The van der Waals surface area contributed by atoms with Crippen LogP contribution in [0, 0.1) is 28.6 Å². The molecule has 7 heteroatoms. The third-order valence-electron chi connectivity index (χ3n) is 11.2. The van der Waals surface area contributed by atoms with Crippen LogP contribution in [0.4, 0.5) is 5.69 Å². The number of allylic oxidation sites excluding steroid dienone is 5. The molecule has 4 aliphatic carbocycles. The Kier molecular flexibility index (Phi) is 6.34. The van der Waals surface area contributed by atoms with Crippen molar-refractivity contribution >= 4 is 11.5 Å². The van der Waals surface area contributed by atoms with Crippen molar-refractivity contribution in [1.82, 2.24) is 0 Å². The molecule has 9 atom stereocenters. The topological polar surface area (TPSA) is 111 Å². The average molecular weight is 570 g/mol. The Bertz CT molecular complexity index is 1480. The van der Waals surface area contributed by atoms with Gasteiger partial charge in [-0.25, -0.2) is 0 Å². The number of nitrogens with two attached hydrogens (primary N) is 1. The van der Waals surface area contributed by atoms with E-state index in [9.17, 15) is 15.0 Å². The van der Waals surface area contributed by atoms with Crippen molar-refractivity contribution in [1.29, 1.82) is 0 Å². The van der Waals surface area contributed by atoms with Crippen LogP contribution in [0.5, 0.6) is 11.5 Å². The first-order valence-electron chi connectivity index (χ1n) is 15.0. The number of Topliss-reactive ketones (excluding diaryl/α,β-unsaturated/α-hetero) is 1. The van der Waals surface area contributed by atoms with Gasteiger partial charge in [-0.05, 0) is 79.5 Å². The Balaban J connectivity index is 1.17. The summed E-state index contributed by atoms with van der Waals surface area (Å²) >= 11 is 0. The van der Waals surface area contributed by atoms with Crippen LogP contribution in [0.2, 0.25) is 0 Å². The molecule has 220 valence electrons. The summed E-state index contributed by atoms with van der Waals surface area (Å²) in [5, 5.41) is 22.1. The molecular weight excluding hydrogens is 530 g/mol. The average Bonchev–Trinajstić information content (AvgIpc) is 3.47. The van der Waals surface area contributed by atoms with Crippen molar-refractivity contribution in [3.63, 3.8) is 0 Å². The third kappa shape index (κ3) is 3.83. The SMILES string of the molecule is C=C1C=C[C@@]2(C)C(=C1)CC[C@@H]1[C@@H]2[C@@H](O)C[C@@]2(C)[C@H]1C[C@H]1O[C@@H](c3ccc(Oc4ccc(N)cc4)cc3)O[C@]12C(=O)CO. The molecule has 42 heavy (non-hydrogen) atoms. The molecule has 0 aromatic heterocycles. The lowest BCUT2D eigenvalue weighted by Crippen LogP contribution is -2.63. The maximum atomic E-state index is 13.7. The first kappa shape index (κ1) is 27.6. The molecule has 0 amide bonds. The largest absolute Gasteiger partial charge is 0.457 e. The monoisotopic (exact) mass is 569 g/mol. The molecule has 2 aromatic rings. The predicted molar refractivity (Wildman–Crippen MR) is 158 cm³/mol. The van der Waals surface area contributed by atoms with Gasteiger partial charge in [-0.1, -0.05) is 56.4 Å². The molecule has 4 N–H and O–H groups in total. The molecule has 5 aliphatic rings. The van der Waals surface area contributed by atoms with Crippen LogP contribution in [0.1, 0.15) is 51.4 Å². The molecule has 7 nitrogen and oxygen atoms in total. The highest BCUT2D eigenvalue weighted by molar-refractivity contribution is 5.91. The molecule has 0 unspecified atom stereocenters. The lowest BCUT2D eigenvalue weighted by atomic mass is 9.46. The number of rotatable bonds is 5. The number of hydrogen-bond donors (Lipinski definition) is 3. The smallest absolute Gasteiger partial charge is 0.193 e. The number of fused-ring (bicyclic) bond motifs is 7. The highest BCUT2D eigenvalue weighted by atomic mass is 16.7. The predicted octanol–water partition coefficient (Wildman–Crippen LogP) is 5.65. The normalized spacial score (nSPS) is 40.0. The Morgan fingerprint density at radius 2 is 1.81 bits per heavy atom. The number of hydrogen-bond acceptors (Lipinski definition) is 7. The zero-order valence-corrected chi connectivity index (χ0v) is 24.2. The van der Waals surface area contributed by atoms with Gasteiger partial charge >= 0.3 is 0 Å². The molecule has 1 aliphatic heterocycles. The quantitative estimate of drug-likeness (QED) is 0.399. The summed E-state index contributed by atoms with van der Waals surface area (Å²) in [6.45, 7) is 7.80. The zero-order chi connectivity index (χ0) is 29.4. The maximum absolute atomic E-state index is 13.7. The fourth-order valence-corrected chi connectivity index (χ4v) is 9.28. The Hall–Kier alpha value is -3.23. The molecule has 3 saturated carbocycles. The second-order valence-electron chi connectivity index (χ2n) is 13.3. The van der Waals surface area contributed by atoms with E-state index in [2.05, 4.69) is 38.7 Å². The van der Waals surface area contributed by atoms with Crippen LogP contribution in [0.3, 0.4) is 0 Å². The van der Waals surface area contributed by atoms with E-state index in [1.165, 1.54) is 5.57 Å². The van der Waals surface area contributed by atoms with E-state index in [-0.39, 0.29) is 29.0 Å². The highest BCUT2D eigenvalue weighted by Crippen LogP contribution is 2.70.